The topological polar surface area (TPSA) is 14.8 Å². The molecule has 3 heteroatoms. The van der Waals surface area contributed by atoms with Gasteiger partial charge in [0.2, 0.25) is 0 Å². The third kappa shape index (κ3) is 4.12. The summed E-state index contributed by atoms with van der Waals surface area (Å²) in [5.41, 5.74) is -4.73. The molecular weight excluding hydrogens is 619 g/mol. The number of hydrogen-bond donors (Lipinski definition) is 0. The van der Waals surface area contributed by atoms with E-state index in [0.717, 1.165) is 13.7 Å². The Kier molecular flexibility index (Phi) is 2.65. The highest BCUT2D eigenvalue weighted by Crippen LogP contribution is 2.39. The van der Waals surface area contributed by atoms with E-state index in [1.54, 1.807) is 0 Å². The maximum absolute atomic E-state index is 10.2. The average molecular weight is 677 g/mol. The van der Waals surface area contributed by atoms with E-state index in [9.17, 15) is 12.3 Å². The Labute approximate surface area is 332 Å². The molecule has 11 aromatic rings. The molecule has 3 nitrogen and oxygen atoms in total. The van der Waals surface area contributed by atoms with Gasteiger partial charge in [0.15, 0.2) is 0 Å². The largest absolute Gasteiger partial charge is 0.309 e. The fraction of sp³-hybridized carbons (Fsp3) is 0. The zero-order valence-corrected chi connectivity index (χ0v) is 25.7. The molecule has 3 heterocycles. The van der Waals surface area contributed by atoms with Crippen LogP contribution in [-0.2, 0) is 0 Å². The van der Waals surface area contributed by atoms with Crippen LogP contribution < -0.4 is 0 Å². The first-order valence-corrected chi connectivity index (χ1v) is 15.3. The highest BCUT2D eigenvalue weighted by Gasteiger charge is 2.18. The van der Waals surface area contributed by atoms with Crippen LogP contribution in [0.2, 0.25) is 0 Å². The molecule has 0 bridgehead atoms. The number of para-hydroxylation sites is 4. The Balaban J connectivity index is 1.36. The predicted molar refractivity (Wildman–Crippen MR) is 215 cm³/mol. The molecule has 0 amide bonds. The standard InChI is InChI=1S/C48H31N3/c1-2-12-32(13-3-1)33-22-24-34(25-23-33)49-43-18-8-6-16-39(43)41-29-27-36(31-47(41)49)51-46-21-11-7-17-40(46)42-28-26-35(30-48(42)51)50-44-19-9-4-14-37(44)38-15-5-10-20-45(38)50/h1-31H/i1D,2D,3D,4D,5D,6D,7D,8D,9D,10D,11D,12D,13D,14D,15D,16D,17D,18D,19D,20D,21D,26D,27D,28D,29D,30D,31D. The van der Waals surface area contributed by atoms with Crippen molar-refractivity contribution in [3.05, 3.63) is 187 Å². The van der Waals surface area contributed by atoms with Crippen LogP contribution in [-0.4, -0.2) is 13.7 Å². The summed E-state index contributed by atoms with van der Waals surface area (Å²) in [4.78, 5) is 0. The molecular formula is C48H31N3. The van der Waals surface area contributed by atoms with Crippen molar-refractivity contribution >= 4 is 65.4 Å². The second kappa shape index (κ2) is 10.8. The van der Waals surface area contributed by atoms with E-state index in [-0.39, 0.29) is 33.1 Å². The van der Waals surface area contributed by atoms with Crippen molar-refractivity contribution in [1.82, 2.24) is 13.7 Å². The smallest absolute Gasteiger partial charge is 0.0667 e. The van der Waals surface area contributed by atoms with Gasteiger partial charge in [0, 0.05) is 49.4 Å². The van der Waals surface area contributed by atoms with Gasteiger partial charge >= 0.3 is 0 Å². The number of fused-ring (bicyclic) bond motifs is 9. The molecule has 11 rings (SSSR count). The summed E-state index contributed by atoms with van der Waals surface area (Å²) >= 11 is 0. The van der Waals surface area contributed by atoms with Crippen LogP contribution in [0, 0.1) is 0 Å². The molecule has 0 aliphatic heterocycles. The highest BCUT2D eigenvalue weighted by atomic mass is 15.0. The Morgan fingerprint density at radius 2 is 0.627 bits per heavy atom. The fourth-order valence-corrected chi connectivity index (χ4v) is 6.52. The first kappa shape index (κ1) is 12.5. The second-order valence-corrected chi connectivity index (χ2v) is 11.3. The molecule has 0 radical (unpaired) electrons. The first-order chi connectivity index (χ1) is 36.6. The molecule has 8 aromatic carbocycles. The summed E-state index contributed by atoms with van der Waals surface area (Å²) in [5.74, 6) is 0. The van der Waals surface area contributed by atoms with Crippen LogP contribution in [0.25, 0.3) is 93.6 Å². The fourth-order valence-electron chi connectivity index (χ4n) is 6.52. The Bertz CT molecular complexity index is 4580. The van der Waals surface area contributed by atoms with Crippen molar-refractivity contribution in [1.29, 1.82) is 0 Å². The molecule has 0 aliphatic rings. The van der Waals surface area contributed by atoms with Crippen LogP contribution in [0.4, 0.5) is 0 Å². The first-order valence-electron chi connectivity index (χ1n) is 28.8. The molecule has 51 heavy (non-hydrogen) atoms. The molecule has 0 fully saturated rings. The van der Waals surface area contributed by atoms with Gasteiger partial charge < -0.3 is 13.7 Å². The normalized spacial score (nSPS) is 19.3. The molecule has 0 atom stereocenters. The summed E-state index contributed by atoms with van der Waals surface area (Å²) in [6.07, 6.45) is 0. The molecule has 0 N–H and O–H groups in total. The molecule has 0 aliphatic carbocycles. The third-order valence-corrected chi connectivity index (χ3v) is 8.68. The van der Waals surface area contributed by atoms with E-state index in [1.165, 1.54) is 24.3 Å². The summed E-state index contributed by atoms with van der Waals surface area (Å²) in [6, 6.07) is -15.8. The molecule has 0 spiro atoms. The van der Waals surface area contributed by atoms with E-state index < -0.39 is 224 Å². The van der Waals surface area contributed by atoms with Gasteiger partial charge in [-0.25, -0.2) is 0 Å². The minimum Gasteiger partial charge on any atom is -0.309 e. The molecule has 0 unspecified atom stereocenters. The zero-order valence-electron chi connectivity index (χ0n) is 52.7. The summed E-state index contributed by atoms with van der Waals surface area (Å²) in [6.45, 7) is 0. The van der Waals surface area contributed by atoms with Gasteiger partial charge in [-0.05, 0) is 71.6 Å². The van der Waals surface area contributed by atoms with Crippen LogP contribution in [0.15, 0.2) is 187 Å². The maximum atomic E-state index is 10.2. The average Bonchev–Trinajstić information content (AvgIpc) is 4.16. The zero-order chi connectivity index (χ0) is 57.0. The van der Waals surface area contributed by atoms with Gasteiger partial charge in [-0.15, -0.1) is 0 Å². The Morgan fingerprint density at radius 1 is 0.275 bits per heavy atom. The quantitative estimate of drug-likeness (QED) is 0.176. The SMILES string of the molecule is [2H]c1c([2H])c([2H])c(-c2ccc(-n3c4c([2H])c([2H])c([2H])c([2H])c4c4c([2H])c([2H])c(-n5c6c([2H])c([2H])c([2H])c([2H])c6c6c([2H])c([2H])c(-n7c8c([2H])c([2H])c([2H])c([2H])c8c8c([2H])c([2H])c([2H])c([2H])c87)c([2H])c65)c([2H])c43)cc2)c([2H])c1[2H]. The van der Waals surface area contributed by atoms with E-state index >= 15 is 0 Å². The lowest BCUT2D eigenvalue weighted by atomic mass is 10.1. The van der Waals surface area contributed by atoms with E-state index in [1.807, 2.05) is 0 Å². The Morgan fingerprint density at radius 3 is 1.08 bits per heavy atom. The van der Waals surface area contributed by atoms with Crippen molar-refractivity contribution in [2.24, 2.45) is 0 Å². The van der Waals surface area contributed by atoms with E-state index in [4.69, 9.17) is 24.7 Å². The minimum atomic E-state index is -0.943. The molecule has 3 aromatic heterocycles. The van der Waals surface area contributed by atoms with Gasteiger partial charge in [-0.1, -0.05) is 127 Å². The van der Waals surface area contributed by atoms with E-state index in [2.05, 4.69) is 0 Å². The van der Waals surface area contributed by atoms with Gasteiger partial charge in [0.05, 0.1) is 70.1 Å². The summed E-state index contributed by atoms with van der Waals surface area (Å²) in [7, 11) is 0. The number of rotatable bonds is 4. The summed E-state index contributed by atoms with van der Waals surface area (Å²) in [5, 5.41) is -2.71. The van der Waals surface area contributed by atoms with Gasteiger partial charge in [-0.2, -0.15) is 0 Å². The van der Waals surface area contributed by atoms with Gasteiger partial charge in [0.1, 0.15) is 0 Å². The van der Waals surface area contributed by atoms with Crippen LogP contribution >= 0.6 is 0 Å². The van der Waals surface area contributed by atoms with Crippen molar-refractivity contribution in [3.8, 4) is 28.2 Å². The van der Waals surface area contributed by atoms with Crippen LogP contribution in [0.3, 0.4) is 0 Å². The number of benzene rings is 8. The molecule has 238 valence electrons. The van der Waals surface area contributed by atoms with Crippen molar-refractivity contribution in [3.63, 3.8) is 0 Å². The lowest BCUT2D eigenvalue weighted by Gasteiger charge is -2.13. The maximum Gasteiger partial charge on any atom is 0.0667 e. The van der Waals surface area contributed by atoms with Crippen molar-refractivity contribution in [2.75, 3.05) is 0 Å². The predicted octanol–water partition coefficient (Wildman–Crippen LogP) is 12.6. The highest BCUT2D eigenvalue weighted by molar-refractivity contribution is 6.13. The van der Waals surface area contributed by atoms with Gasteiger partial charge in [0.25, 0.3) is 0 Å². The Hall–Kier alpha value is -6.84. The monoisotopic (exact) mass is 676 g/mol. The van der Waals surface area contributed by atoms with Crippen molar-refractivity contribution in [2.45, 2.75) is 0 Å². The van der Waals surface area contributed by atoms with Crippen LogP contribution in [0.1, 0.15) is 37.0 Å². The second-order valence-electron chi connectivity index (χ2n) is 11.3. The number of hydrogen-bond acceptors (Lipinski definition) is 0. The van der Waals surface area contributed by atoms with E-state index in [0.29, 0.717) is 0 Å². The minimum absolute atomic E-state index is 0.00638. The molecule has 0 saturated heterocycles. The van der Waals surface area contributed by atoms with Gasteiger partial charge in [-0.3, -0.25) is 0 Å². The number of aromatic nitrogens is 3. The lowest BCUT2D eigenvalue weighted by molar-refractivity contribution is 1.14. The van der Waals surface area contributed by atoms with Crippen molar-refractivity contribution < 1.29 is 37.0 Å². The lowest BCUT2D eigenvalue weighted by Crippen LogP contribution is -1.98. The number of nitrogens with zero attached hydrogens (tertiary/aromatic N) is 3. The molecule has 0 saturated carbocycles. The summed E-state index contributed by atoms with van der Waals surface area (Å²) < 4.78 is 246. The third-order valence-electron chi connectivity index (χ3n) is 8.68. The van der Waals surface area contributed by atoms with Crippen LogP contribution in [0.5, 0.6) is 0 Å².